The van der Waals surface area contributed by atoms with Crippen LogP contribution in [0.5, 0.6) is 0 Å². The maximum atomic E-state index is 12.8. The number of carbonyl (C=O) groups excluding carboxylic acids is 1. The molecule has 3 rings (SSSR count). The normalized spacial score (nSPS) is 21.4. The van der Waals surface area contributed by atoms with E-state index in [4.69, 9.17) is 5.73 Å². The maximum absolute atomic E-state index is 12.8. The molecule has 7 nitrogen and oxygen atoms in total. The van der Waals surface area contributed by atoms with E-state index in [2.05, 4.69) is 5.32 Å². The van der Waals surface area contributed by atoms with E-state index in [9.17, 15) is 13.2 Å². The molecule has 0 bridgehead atoms. The van der Waals surface area contributed by atoms with Crippen molar-refractivity contribution in [1.29, 1.82) is 0 Å². The highest BCUT2D eigenvalue weighted by Gasteiger charge is 2.35. The predicted molar refractivity (Wildman–Crippen MR) is 95.7 cm³/mol. The van der Waals surface area contributed by atoms with E-state index in [0.29, 0.717) is 25.3 Å². The van der Waals surface area contributed by atoms with Gasteiger partial charge in [0.1, 0.15) is 10.6 Å². The molecule has 1 aromatic rings. The third-order valence-electron chi connectivity index (χ3n) is 5.50. The van der Waals surface area contributed by atoms with Crippen molar-refractivity contribution in [2.24, 2.45) is 12.8 Å². The number of amides is 1. The summed E-state index contributed by atoms with van der Waals surface area (Å²) >= 11 is 0. The van der Waals surface area contributed by atoms with Crippen LogP contribution in [-0.4, -0.2) is 48.4 Å². The standard InChI is InChI=1S/C17H28N4O3S/c1-20-12-14(25(23,24)21-9-5-2-6-10-21)11-15(20)16(22)19-17(13-18)7-3-4-8-17/h11-12H,2-10,13,18H2,1H3,(H,19,22). The maximum Gasteiger partial charge on any atom is 0.268 e. The van der Waals surface area contributed by atoms with Crippen LogP contribution in [0.4, 0.5) is 0 Å². The van der Waals surface area contributed by atoms with Gasteiger partial charge in [-0.2, -0.15) is 4.31 Å². The van der Waals surface area contributed by atoms with E-state index < -0.39 is 10.0 Å². The first-order valence-electron chi connectivity index (χ1n) is 9.07. The highest BCUT2D eigenvalue weighted by Crippen LogP contribution is 2.29. The van der Waals surface area contributed by atoms with Crippen LogP contribution in [-0.2, 0) is 17.1 Å². The van der Waals surface area contributed by atoms with Gasteiger partial charge in [0.25, 0.3) is 5.91 Å². The number of hydrogen-bond acceptors (Lipinski definition) is 4. The summed E-state index contributed by atoms with van der Waals surface area (Å²) in [6.07, 6.45) is 8.23. The molecule has 8 heteroatoms. The number of hydrogen-bond donors (Lipinski definition) is 2. The Hall–Kier alpha value is -1.38. The summed E-state index contributed by atoms with van der Waals surface area (Å²) in [6.45, 7) is 1.51. The minimum absolute atomic E-state index is 0.190. The van der Waals surface area contributed by atoms with Crippen LogP contribution >= 0.6 is 0 Å². The number of sulfonamides is 1. The molecule has 2 heterocycles. The van der Waals surface area contributed by atoms with Crippen molar-refractivity contribution in [3.05, 3.63) is 18.0 Å². The molecule has 1 aromatic heterocycles. The van der Waals surface area contributed by atoms with Crippen LogP contribution in [0.3, 0.4) is 0 Å². The number of aryl methyl sites for hydroxylation is 1. The molecule has 25 heavy (non-hydrogen) atoms. The molecule has 1 amide bonds. The first kappa shape index (κ1) is 18.4. The summed E-state index contributed by atoms with van der Waals surface area (Å²) < 4.78 is 28.7. The van der Waals surface area contributed by atoms with E-state index in [0.717, 1.165) is 44.9 Å². The summed E-state index contributed by atoms with van der Waals surface area (Å²) in [5.41, 5.74) is 5.88. The molecular formula is C17H28N4O3S. The minimum atomic E-state index is -3.54. The Bertz CT molecular complexity index is 729. The fourth-order valence-corrected chi connectivity index (χ4v) is 5.48. The second kappa shape index (κ2) is 7.09. The quantitative estimate of drug-likeness (QED) is 0.816. The molecule has 1 saturated carbocycles. The van der Waals surface area contributed by atoms with Gasteiger partial charge in [-0.1, -0.05) is 19.3 Å². The van der Waals surface area contributed by atoms with Crippen molar-refractivity contribution in [2.75, 3.05) is 19.6 Å². The Morgan fingerprint density at radius 3 is 2.44 bits per heavy atom. The third-order valence-corrected chi connectivity index (χ3v) is 7.36. The fraction of sp³-hybridized carbons (Fsp3) is 0.706. The molecule has 2 aliphatic rings. The summed E-state index contributed by atoms with van der Waals surface area (Å²) in [4.78, 5) is 12.9. The largest absolute Gasteiger partial charge is 0.345 e. The lowest BCUT2D eigenvalue weighted by Crippen LogP contribution is -2.51. The van der Waals surface area contributed by atoms with Gasteiger partial charge in [-0.3, -0.25) is 4.79 Å². The van der Waals surface area contributed by atoms with Gasteiger partial charge < -0.3 is 15.6 Å². The number of piperidine rings is 1. The summed E-state index contributed by atoms with van der Waals surface area (Å²) in [5, 5.41) is 3.05. The molecular weight excluding hydrogens is 340 g/mol. The van der Waals surface area contributed by atoms with Gasteiger partial charge in [-0.15, -0.1) is 0 Å². The highest BCUT2D eigenvalue weighted by molar-refractivity contribution is 7.89. The predicted octanol–water partition coefficient (Wildman–Crippen LogP) is 1.20. The number of rotatable bonds is 5. The topological polar surface area (TPSA) is 97.4 Å². The molecule has 0 unspecified atom stereocenters. The summed E-state index contributed by atoms with van der Waals surface area (Å²) in [6, 6.07) is 1.48. The number of carbonyl (C=O) groups is 1. The Labute approximate surface area is 149 Å². The monoisotopic (exact) mass is 368 g/mol. The fourth-order valence-electron chi connectivity index (χ4n) is 3.89. The van der Waals surface area contributed by atoms with E-state index in [1.54, 1.807) is 11.6 Å². The summed E-state index contributed by atoms with van der Waals surface area (Å²) in [7, 11) is -1.84. The molecule has 0 aromatic carbocycles. The van der Waals surface area contributed by atoms with Crippen molar-refractivity contribution >= 4 is 15.9 Å². The zero-order valence-electron chi connectivity index (χ0n) is 14.8. The second-order valence-corrected chi connectivity index (χ2v) is 9.22. The molecule has 2 fully saturated rings. The minimum Gasteiger partial charge on any atom is -0.345 e. The van der Waals surface area contributed by atoms with Crippen molar-refractivity contribution in [2.45, 2.75) is 55.4 Å². The molecule has 1 aliphatic heterocycles. The Morgan fingerprint density at radius 1 is 1.20 bits per heavy atom. The summed E-state index contributed by atoms with van der Waals surface area (Å²) in [5.74, 6) is -0.255. The van der Waals surface area contributed by atoms with Gasteiger partial charge in [0, 0.05) is 32.9 Å². The van der Waals surface area contributed by atoms with E-state index in [1.807, 2.05) is 0 Å². The number of aromatic nitrogens is 1. The molecule has 0 spiro atoms. The number of nitrogens with one attached hydrogen (secondary N) is 1. The molecule has 140 valence electrons. The lowest BCUT2D eigenvalue weighted by Gasteiger charge is -2.28. The lowest BCUT2D eigenvalue weighted by molar-refractivity contribution is 0.0894. The highest BCUT2D eigenvalue weighted by atomic mass is 32.2. The Balaban J connectivity index is 1.81. The second-order valence-electron chi connectivity index (χ2n) is 7.28. The third kappa shape index (κ3) is 3.61. The van der Waals surface area contributed by atoms with Gasteiger partial charge in [0.05, 0.1) is 5.54 Å². The Kier molecular flexibility index (Phi) is 5.22. The van der Waals surface area contributed by atoms with E-state index in [1.165, 1.54) is 16.6 Å². The van der Waals surface area contributed by atoms with Crippen molar-refractivity contribution < 1.29 is 13.2 Å². The zero-order chi connectivity index (χ0) is 18.1. The van der Waals surface area contributed by atoms with Crippen LogP contribution < -0.4 is 11.1 Å². The lowest BCUT2D eigenvalue weighted by atomic mass is 9.97. The Morgan fingerprint density at radius 2 is 1.84 bits per heavy atom. The molecule has 0 radical (unpaired) electrons. The van der Waals surface area contributed by atoms with Gasteiger partial charge in [-0.05, 0) is 31.7 Å². The van der Waals surface area contributed by atoms with Crippen LogP contribution in [0.15, 0.2) is 17.2 Å². The number of nitrogens with zero attached hydrogens (tertiary/aromatic N) is 2. The molecule has 3 N–H and O–H groups in total. The first-order valence-corrected chi connectivity index (χ1v) is 10.5. The SMILES string of the molecule is Cn1cc(S(=O)(=O)N2CCCCC2)cc1C(=O)NC1(CN)CCCC1. The zero-order valence-corrected chi connectivity index (χ0v) is 15.6. The van der Waals surface area contributed by atoms with E-state index >= 15 is 0 Å². The van der Waals surface area contributed by atoms with Crippen molar-refractivity contribution in [1.82, 2.24) is 14.2 Å². The van der Waals surface area contributed by atoms with Crippen LogP contribution in [0.25, 0.3) is 0 Å². The average molecular weight is 369 g/mol. The van der Waals surface area contributed by atoms with Crippen LogP contribution in [0, 0.1) is 0 Å². The smallest absolute Gasteiger partial charge is 0.268 e. The molecule has 1 saturated heterocycles. The van der Waals surface area contributed by atoms with Gasteiger partial charge in [0.15, 0.2) is 0 Å². The molecule has 1 aliphatic carbocycles. The molecule has 0 atom stereocenters. The van der Waals surface area contributed by atoms with Gasteiger partial charge in [-0.25, -0.2) is 8.42 Å². The van der Waals surface area contributed by atoms with Crippen LogP contribution in [0.2, 0.25) is 0 Å². The van der Waals surface area contributed by atoms with Gasteiger partial charge in [0.2, 0.25) is 10.0 Å². The first-order chi connectivity index (χ1) is 11.9. The van der Waals surface area contributed by atoms with Crippen molar-refractivity contribution in [3.8, 4) is 0 Å². The number of nitrogens with two attached hydrogens (primary N) is 1. The van der Waals surface area contributed by atoms with Gasteiger partial charge >= 0.3 is 0 Å². The van der Waals surface area contributed by atoms with E-state index in [-0.39, 0.29) is 16.3 Å². The van der Waals surface area contributed by atoms with Crippen LogP contribution in [0.1, 0.15) is 55.4 Å². The van der Waals surface area contributed by atoms with Crippen molar-refractivity contribution in [3.63, 3.8) is 0 Å². The average Bonchev–Trinajstić information content (AvgIpc) is 3.23.